The maximum atomic E-state index is 14.0. The Morgan fingerprint density at radius 1 is 1.15 bits per heavy atom. The van der Waals surface area contributed by atoms with Crippen LogP contribution in [0.25, 0.3) is 6.08 Å². The van der Waals surface area contributed by atoms with Crippen LogP contribution in [0.5, 0.6) is 11.5 Å². The number of hydrogen-bond acceptors (Lipinski definition) is 8. The molecule has 4 rings (SSSR count). The van der Waals surface area contributed by atoms with Gasteiger partial charge in [-0.3, -0.25) is 24.3 Å². The van der Waals surface area contributed by atoms with E-state index in [-0.39, 0.29) is 17.2 Å². The van der Waals surface area contributed by atoms with Gasteiger partial charge in [-0.1, -0.05) is 23.5 Å². The highest BCUT2D eigenvalue weighted by Gasteiger charge is 2.36. The normalized spacial score (nSPS) is 15.0. The number of amides is 1. The first kappa shape index (κ1) is 27.8. The number of benzene rings is 2. The second kappa shape index (κ2) is 11.2. The number of carbonyl (C=O) groups excluding carboxylic acids is 1. The van der Waals surface area contributed by atoms with Crippen LogP contribution in [0.15, 0.2) is 57.5 Å². The minimum Gasteiger partial charge on any atom is -0.497 e. The third kappa shape index (κ3) is 5.09. The van der Waals surface area contributed by atoms with Crippen molar-refractivity contribution in [3.8, 4) is 11.5 Å². The summed E-state index contributed by atoms with van der Waals surface area (Å²) in [5, 5.41) is 11.5. The lowest BCUT2D eigenvalue weighted by Crippen LogP contribution is -2.43. The number of aryl methyl sites for hydroxylation is 1. The van der Waals surface area contributed by atoms with E-state index in [4.69, 9.17) is 9.47 Å². The first-order valence-electron chi connectivity index (χ1n) is 12.4. The summed E-state index contributed by atoms with van der Waals surface area (Å²) in [6.45, 7) is 8.20. The lowest BCUT2D eigenvalue weighted by Gasteiger charge is -2.30. The Morgan fingerprint density at radius 2 is 1.87 bits per heavy atom. The summed E-state index contributed by atoms with van der Waals surface area (Å²) >= 11 is 1.16. The molecule has 0 radical (unpaired) electrons. The molecule has 204 valence electrons. The summed E-state index contributed by atoms with van der Waals surface area (Å²) in [5.41, 5.74) is 2.10. The van der Waals surface area contributed by atoms with Crippen LogP contribution in [0.4, 0.5) is 5.69 Å². The second-order valence-corrected chi connectivity index (χ2v) is 9.98. The highest BCUT2D eigenvalue weighted by Crippen LogP contribution is 2.38. The number of fused-ring (bicyclic) bond motifs is 1. The lowest BCUT2D eigenvalue weighted by molar-refractivity contribution is -0.385. The topological polar surface area (TPSA) is 116 Å². The van der Waals surface area contributed by atoms with Crippen molar-refractivity contribution < 1.29 is 19.2 Å². The predicted octanol–water partition coefficient (Wildman–Crippen LogP) is 3.34. The number of nitro benzene ring substituents is 1. The molecule has 0 unspecified atom stereocenters. The van der Waals surface area contributed by atoms with E-state index in [1.165, 1.54) is 17.7 Å². The molecule has 0 saturated heterocycles. The molecule has 0 bridgehead atoms. The van der Waals surface area contributed by atoms with Crippen molar-refractivity contribution in [1.29, 1.82) is 0 Å². The van der Waals surface area contributed by atoms with E-state index in [0.29, 0.717) is 61.9 Å². The van der Waals surface area contributed by atoms with Crippen LogP contribution in [0, 0.1) is 17.0 Å². The summed E-state index contributed by atoms with van der Waals surface area (Å²) in [6.07, 6.45) is 1.61. The van der Waals surface area contributed by atoms with E-state index in [9.17, 15) is 19.7 Å². The van der Waals surface area contributed by atoms with Crippen LogP contribution in [0.3, 0.4) is 0 Å². The molecule has 0 fully saturated rings. The van der Waals surface area contributed by atoms with Gasteiger partial charge < -0.3 is 14.4 Å². The first-order valence-corrected chi connectivity index (χ1v) is 13.3. The molecule has 0 N–H and O–H groups in total. The fourth-order valence-corrected chi connectivity index (χ4v) is 5.73. The number of aromatic nitrogens is 1. The summed E-state index contributed by atoms with van der Waals surface area (Å²) in [7, 11) is 3.07. The maximum absolute atomic E-state index is 14.0. The molecule has 2 aromatic carbocycles. The zero-order valence-corrected chi connectivity index (χ0v) is 23.5. The molecular weight excluding hydrogens is 520 g/mol. The van der Waals surface area contributed by atoms with Crippen molar-refractivity contribution >= 4 is 29.0 Å². The molecule has 1 aliphatic heterocycles. The van der Waals surface area contributed by atoms with Crippen LogP contribution in [0.1, 0.15) is 43.5 Å². The third-order valence-corrected chi connectivity index (χ3v) is 7.74. The van der Waals surface area contributed by atoms with Gasteiger partial charge in [-0.2, -0.15) is 0 Å². The molecule has 1 atom stereocenters. The smallest absolute Gasteiger partial charge is 0.272 e. The molecule has 0 saturated carbocycles. The van der Waals surface area contributed by atoms with Gasteiger partial charge in [-0.05, 0) is 57.5 Å². The number of hydrogen-bond donors (Lipinski definition) is 0. The van der Waals surface area contributed by atoms with Gasteiger partial charge in [0.2, 0.25) is 0 Å². The molecule has 10 nitrogen and oxygen atoms in total. The average molecular weight is 551 g/mol. The molecule has 0 spiro atoms. The van der Waals surface area contributed by atoms with Crippen LogP contribution in [0.2, 0.25) is 0 Å². The van der Waals surface area contributed by atoms with Crippen LogP contribution >= 0.6 is 11.3 Å². The number of thiazole rings is 1. The Kier molecular flexibility index (Phi) is 8.01. The molecule has 39 heavy (non-hydrogen) atoms. The molecule has 3 aromatic rings. The zero-order chi connectivity index (χ0) is 28.4. The predicted molar refractivity (Wildman–Crippen MR) is 149 cm³/mol. The number of ether oxygens (including phenoxy) is 2. The molecular formula is C28H30N4O6S. The third-order valence-electron chi connectivity index (χ3n) is 6.76. The molecule has 11 heteroatoms. The second-order valence-electron chi connectivity index (χ2n) is 8.97. The summed E-state index contributed by atoms with van der Waals surface area (Å²) in [6, 6.07) is 9.24. The van der Waals surface area contributed by atoms with E-state index in [2.05, 4.69) is 4.99 Å². The van der Waals surface area contributed by atoms with Gasteiger partial charge in [0, 0.05) is 30.3 Å². The van der Waals surface area contributed by atoms with Gasteiger partial charge in [0.1, 0.15) is 17.5 Å². The number of methoxy groups -OCH3 is 2. The Labute approximate surface area is 229 Å². The fourth-order valence-electron chi connectivity index (χ4n) is 4.69. The minimum absolute atomic E-state index is 0.0292. The Bertz CT molecular complexity index is 1670. The lowest BCUT2D eigenvalue weighted by atomic mass is 9.93. The number of nitrogens with zero attached hydrogens (tertiary/aromatic N) is 4. The number of allylic oxidation sites excluding steroid dienone is 1. The standard InChI is InChI=1S/C28H30N4O6S/c1-7-30(8-2)27(34)24-17(4)29-28-31(25(24)20-15-19(37-5)11-12-22(20)38-6)26(33)23(39-28)14-18-10-9-16(3)21(13-18)32(35)36/h9-15,25H,7-8H2,1-6H3/b23-14-/t25-/m1/s1. The first-order chi connectivity index (χ1) is 18.6. The van der Waals surface area contributed by atoms with Gasteiger partial charge in [0.05, 0.1) is 34.9 Å². The quantitative estimate of drug-likeness (QED) is 0.314. The number of carbonyl (C=O) groups is 1. The molecule has 1 aliphatic rings. The average Bonchev–Trinajstić information content (AvgIpc) is 3.22. The van der Waals surface area contributed by atoms with Gasteiger partial charge in [0.15, 0.2) is 4.80 Å². The summed E-state index contributed by atoms with van der Waals surface area (Å²) in [4.78, 5) is 45.5. The zero-order valence-electron chi connectivity index (χ0n) is 22.7. The monoisotopic (exact) mass is 550 g/mol. The van der Waals surface area contributed by atoms with E-state index in [1.807, 2.05) is 13.8 Å². The SMILES string of the molecule is CCN(CC)C(=O)C1=C(C)N=c2s/c(=C\c3ccc(C)c([N+](=O)[O-])c3)c(=O)n2[C@@H]1c1cc(OC)ccc1OC. The largest absolute Gasteiger partial charge is 0.497 e. The molecule has 1 aromatic heterocycles. The van der Waals surface area contributed by atoms with Gasteiger partial charge in [-0.25, -0.2) is 4.99 Å². The van der Waals surface area contributed by atoms with Crippen LogP contribution in [-0.2, 0) is 4.79 Å². The van der Waals surface area contributed by atoms with Crippen molar-refractivity contribution in [2.75, 3.05) is 27.3 Å². The van der Waals surface area contributed by atoms with Crippen molar-refractivity contribution in [3.05, 3.63) is 94.2 Å². The molecule has 2 heterocycles. The van der Waals surface area contributed by atoms with E-state index in [1.54, 1.807) is 62.3 Å². The highest BCUT2D eigenvalue weighted by molar-refractivity contribution is 7.07. The van der Waals surface area contributed by atoms with Crippen molar-refractivity contribution in [1.82, 2.24) is 9.47 Å². The van der Waals surface area contributed by atoms with E-state index in [0.717, 1.165) is 11.3 Å². The van der Waals surface area contributed by atoms with E-state index < -0.39 is 11.0 Å². The Balaban J connectivity index is 2.02. The number of rotatable bonds is 8. The van der Waals surface area contributed by atoms with Gasteiger partial charge in [0.25, 0.3) is 17.2 Å². The maximum Gasteiger partial charge on any atom is 0.272 e. The Hall–Kier alpha value is -4.25. The summed E-state index contributed by atoms with van der Waals surface area (Å²) in [5.74, 6) is 0.813. The van der Waals surface area contributed by atoms with Gasteiger partial charge >= 0.3 is 0 Å². The van der Waals surface area contributed by atoms with Crippen LogP contribution in [-0.4, -0.2) is 47.6 Å². The molecule has 1 amide bonds. The minimum atomic E-state index is -0.825. The Morgan fingerprint density at radius 3 is 2.49 bits per heavy atom. The summed E-state index contributed by atoms with van der Waals surface area (Å²) < 4.78 is 13.0. The number of likely N-dealkylation sites (N-methyl/N-ethyl adjacent to an activating group) is 1. The van der Waals surface area contributed by atoms with Crippen molar-refractivity contribution in [2.24, 2.45) is 4.99 Å². The van der Waals surface area contributed by atoms with Crippen molar-refractivity contribution in [2.45, 2.75) is 33.7 Å². The fraction of sp³-hybridized carbons (Fsp3) is 0.321. The van der Waals surface area contributed by atoms with Crippen molar-refractivity contribution in [3.63, 3.8) is 0 Å². The highest BCUT2D eigenvalue weighted by atomic mass is 32.1. The van der Waals surface area contributed by atoms with E-state index >= 15 is 0 Å². The van der Waals surface area contributed by atoms with Crippen LogP contribution < -0.4 is 24.4 Å². The molecule has 0 aliphatic carbocycles. The number of nitro groups is 1. The van der Waals surface area contributed by atoms with Gasteiger partial charge in [-0.15, -0.1) is 0 Å².